The first-order valence-electron chi connectivity index (χ1n) is 11.9. The summed E-state index contributed by atoms with van der Waals surface area (Å²) < 4.78 is 5.73. The molecule has 0 saturated heterocycles. The van der Waals surface area contributed by atoms with Crippen molar-refractivity contribution < 1.29 is 7.27 Å². The van der Waals surface area contributed by atoms with E-state index in [2.05, 4.69) is 135 Å². The highest BCUT2D eigenvalue weighted by Gasteiger charge is 2.18. The fraction of sp³-hybridized carbons (Fsp3) is 0.412. The Morgan fingerprint density at radius 1 is 0.486 bits per heavy atom. The van der Waals surface area contributed by atoms with Gasteiger partial charge in [0.15, 0.2) is 0 Å². The van der Waals surface area contributed by atoms with Crippen molar-refractivity contribution in [3.8, 4) is 0 Å². The Bertz CT molecular complexity index is 1010. The Kier molecular flexibility index (Phi) is 12.3. The molecule has 4 rings (SSSR count). The minimum atomic E-state index is 0. The summed E-state index contributed by atoms with van der Waals surface area (Å²) in [6, 6.07) is 31.3. The molecule has 0 saturated carbocycles. The van der Waals surface area contributed by atoms with E-state index < -0.39 is 0 Å². The molecule has 1 heteroatoms. The molecule has 1 aromatic heterocycles. The molecule has 0 aliphatic rings. The van der Waals surface area contributed by atoms with E-state index >= 15 is 0 Å². The van der Waals surface area contributed by atoms with Crippen molar-refractivity contribution in [2.75, 3.05) is 0 Å². The Morgan fingerprint density at radius 2 is 0.857 bits per heavy atom. The Labute approximate surface area is 219 Å². The Balaban J connectivity index is -0.000000450. The lowest BCUT2D eigenvalue weighted by molar-refractivity contribution is 0.430. The van der Waals surface area contributed by atoms with Gasteiger partial charge in [0.2, 0.25) is 0 Å². The summed E-state index contributed by atoms with van der Waals surface area (Å²) >= 11 is 0. The van der Waals surface area contributed by atoms with Crippen LogP contribution in [-0.4, -0.2) is 0 Å². The number of hydrogen-bond acceptors (Lipinski definition) is 1. The molecule has 3 aromatic carbocycles. The summed E-state index contributed by atoms with van der Waals surface area (Å²) in [4.78, 5) is 0. The minimum Gasteiger partial charge on any atom is -0.461 e. The van der Waals surface area contributed by atoms with E-state index in [1.807, 2.05) is 18.2 Å². The first-order chi connectivity index (χ1) is 15.3. The summed E-state index contributed by atoms with van der Waals surface area (Å²) in [6.07, 6.45) is 0. The van der Waals surface area contributed by atoms with Crippen molar-refractivity contribution in [1.29, 1.82) is 0 Å². The summed E-state index contributed by atoms with van der Waals surface area (Å²) in [7, 11) is 0. The highest BCUT2D eigenvalue weighted by molar-refractivity contribution is 5.77. The van der Waals surface area contributed by atoms with Gasteiger partial charge in [-0.25, -0.2) is 0 Å². The topological polar surface area (TPSA) is 13.1 Å². The lowest BCUT2D eigenvalue weighted by Gasteiger charge is -2.18. The molecular weight excluding hydrogens is 424 g/mol. The van der Waals surface area contributed by atoms with Crippen LogP contribution >= 0.6 is 0 Å². The van der Waals surface area contributed by atoms with Crippen LogP contribution in [0.15, 0.2) is 95.4 Å². The predicted octanol–water partition coefficient (Wildman–Crippen LogP) is 11.5. The van der Waals surface area contributed by atoms with Crippen LogP contribution in [0.5, 0.6) is 0 Å². The molecule has 0 aliphatic heterocycles. The predicted molar refractivity (Wildman–Crippen MR) is 163 cm³/mol. The van der Waals surface area contributed by atoms with Gasteiger partial charge < -0.3 is 4.42 Å². The first-order valence-corrected chi connectivity index (χ1v) is 11.9. The molecule has 0 bridgehead atoms. The van der Waals surface area contributed by atoms with E-state index in [4.69, 9.17) is 4.42 Å². The summed E-state index contributed by atoms with van der Waals surface area (Å²) in [6.45, 7) is 19.8. The van der Waals surface area contributed by atoms with Crippen molar-refractivity contribution in [3.05, 3.63) is 108 Å². The SMILES string of the molecule is C.C.CC(C)(C)c1cc2ccccc2o1.CC(C)(C)c1ccccc1.CC(C)(C)c1ccccc1.[3HH].[3HH]. The lowest BCUT2D eigenvalue weighted by atomic mass is 9.87. The van der Waals surface area contributed by atoms with E-state index in [1.165, 1.54) is 16.5 Å². The van der Waals surface area contributed by atoms with Gasteiger partial charge in [0.1, 0.15) is 11.3 Å². The van der Waals surface area contributed by atoms with Crippen LogP contribution in [0.25, 0.3) is 11.0 Å². The highest BCUT2D eigenvalue weighted by Crippen LogP contribution is 2.28. The minimum absolute atomic E-state index is 0. The standard InChI is InChI=1S/C12H14O.2C10H14.2CH4.2H2/c1-12(2,3)11-8-9-6-4-5-7-10(9)13-11;2*1-10(2,3)9-7-5-4-6-8-9;;;;/h4-8H,1-3H3;2*4-8H,1-3H3;2*1H4;2*1H/i;;;;;2*1+2. The normalized spacial score (nSPS) is 11.1. The Hall–Kier alpha value is -2.80. The second kappa shape index (κ2) is 13.3. The zero-order chi connectivity index (χ0) is 24.7. The fourth-order valence-electron chi connectivity index (χ4n) is 3.23. The summed E-state index contributed by atoms with van der Waals surface area (Å²) in [5.41, 5.74) is 4.46. The average molecular weight is 483 g/mol. The molecule has 0 amide bonds. The maximum absolute atomic E-state index is 5.73. The van der Waals surface area contributed by atoms with E-state index in [0.29, 0.717) is 10.8 Å². The van der Waals surface area contributed by atoms with E-state index in [1.54, 1.807) is 0 Å². The second-order valence-electron chi connectivity index (χ2n) is 11.6. The largest absolute Gasteiger partial charge is 0.461 e. The van der Waals surface area contributed by atoms with Crippen LogP contribution in [0, 0.1) is 0 Å². The molecule has 35 heavy (non-hydrogen) atoms. The molecule has 0 spiro atoms. The molecule has 0 unspecified atom stereocenters. The van der Waals surface area contributed by atoms with Crippen LogP contribution in [0.1, 0.15) is 96.9 Å². The van der Waals surface area contributed by atoms with Crippen molar-refractivity contribution in [3.63, 3.8) is 0 Å². The third kappa shape index (κ3) is 10.6. The maximum Gasteiger partial charge on any atom is 0.134 e. The van der Waals surface area contributed by atoms with Crippen LogP contribution < -0.4 is 0 Å². The van der Waals surface area contributed by atoms with Gasteiger partial charge in [-0.15, -0.1) is 0 Å². The van der Waals surface area contributed by atoms with Gasteiger partial charge in [0, 0.05) is 13.7 Å². The third-order valence-corrected chi connectivity index (χ3v) is 5.44. The van der Waals surface area contributed by atoms with Gasteiger partial charge in [0.05, 0.1) is 0 Å². The molecule has 196 valence electrons. The number of fused-ring (bicyclic) bond motifs is 1. The number of para-hydroxylation sites is 1. The zero-order valence-electron chi connectivity index (χ0n) is 22.1. The number of benzene rings is 3. The van der Waals surface area contributed by atoms with Crippen molar-refractivity contribution in [2.24, 2.45) is 0 Å². The van der Waals surface area contributed by atoms with Crippen molar-refractivity contribution in [2.45, 2.75) is 93.4 Å². The van der Waals surface area contributed by atoms with E-state index in [-0.39, 0.29) is 23.1 Å². The van der Waals surface area contributed by atoms with Crippen molar-refractivity contribution in [1.82, 2.24) is 0 Å². The molecule has 0 aliphatic carbocycles. The van der Waals surface area contributed by atoms with Gasteiger partial charge in [-0.3, -0.25) is 0 Å². The first kappa shape index (κ1) is 32.2. The Morgan fingerprint density at radius 3 is 1.17 bits per heavy atom. The molecule has 4 aromatic rings. The molecule has 0 radical (unpaired) electrons. The highest BCUT2D eigenvalue weighted by atomic mass is 16.3. The summed E-state index contributed by atoms with van der Waals surface area (Å²) in [5, 5.41) is 1.19. The van der Waals surface area contributed by atoms with Crippen LogP contribution in [0.2, 0.25) is 0 Å². The van der Waals surface area contributed by atoms with Crippen LogP contribution in [-0.2, 0) is 16.2 Å². The molecule has 1 heterocycles. The third-order valence-electron chi connectivity index (χ3n) is 5.44. The second-order valence-corrected chi connectivity index (χ2v) is 11.6. The molecular formula is C34H54O. The number of rotatable bonds is 0. The zero-order valence-corrected chi connectivity index (χ0v) is 22.1. The van der Waals surface area contributed by atoms with Crippen LogP contribution in [0.3, 0.4) is 0 Å². The molecule has 1 nitrogen and oxygen atoms in total. The van der Waals surface area contributed by atoms with Crippen molar-refractivity contribution >= 4 is 11.0 Å². The van der Waals surface area contributed by atoms with Gasteiger partial charge in [-0.2, -0.15) is 0 Å². The number of furan rings is 1. The smallest absolute Gasteiger partial charge is 0.134 e. The van der Waals surface area contributed by atoms with Gasteiger partial charge in [0.25, 0.3) is 0 Å². The molecule has 0 atom stereocenters. The fourth-order valence-corrected chi connectivity index (χ4v) is 3.23. The van der Waals surface area contributed by atoms with Crippen LogP contribution in [0.4, 0.5) is 0 Å². The van der Waals surface area contributed by atoms with Gasteiger partial charge >= 0.3 is 0 Å². The maximum atomic E-state index is 5.73. The van der Waals surface area contributed by atoms with E-state index in [0.717, 1.165) is 11.3 Å². The van der Waals surface area contributed by atoms with E-state index in [9.17, 15) is 0 Å². The summed E-state index contributed by atoms with van der Waals surface area (Å²) in [5.74, 6) is 1.05. The quantitative estimate of drug-likeness (QED) is 0.243. The number of hydrogen-bond donors (Lipinski definition) is 0. The van der Waals surface area contributed by atoms with Gasteiger partial charge in [-0.05, 0) is 34.1 Å². The monoisotopic (exact) mass is 482 g/mol. The molecule has 0 fully saturated rings. The lowest BCUT2D eigenvalue weighted by Crippen LogP contribution is -2.10. The van der Waals surface area contributed by atoms with Gasteiger partial charge in [-0.1, -0.05) is 156 Å². The average Bonchev–Trinajstić information content (AvgIpc) is 3.20. The molecule has 0 N–H and O–H groups in total.